The minimum absolute atomic E-state index is 0. The van der Waals surface area contributed by atoms with Crippen molar-refractivity contribution in [3.8, 4) is 0 Å². The summed E-state index contributed by atoms with van der Waals surface area (Å²) in [5.74, 6) is 0. The standard InChI is InChI=1S/2C13H28N2.2CHO.Ru/c2*1-9-13(7,8)15-11(12(4,5)6)14-10(2)3;2*1-2;/h2*10-11H,9H2,1-8H3;2*1H;/q2*-2;2*-1;+6. The van der Waals surface area contributed by atoms with Gasteiger partial charge in [0.2, 0.25) is 0 Å². The topological polar surface area (TPSA) is 90.5 Å². The van der Waals surface area contributed by atoms with Crippen molar-refractivity contribution in [3.05, 3.63) is 21.3 Å². The third-order valence-electron chi connectivity index (χ3n) is 5.10. The van der Waals surface area contributed by atoms with E-state index in [1.54, 1.807) is 0 Å². The van der Waals surface area contributed by atoms with Crippen LogP contribution in [0.15, 0.2) is 0 Å². The Kier molecular flexibility index (Phi) is 26.6. The summed E-state index contributed by atoms with van der Waals surface area (Å²) in [6.07, 6.45) is 2.33. The van der Waals surface area contributed by atoms with Crippen LogP contribution in [-0.4, -0.2) is 49.1 Å². The Morgan fingerprint density at radius 3 is 0.857 bits per heavy atom. The monoisotopic (exact) mass is 584 g/mol. The Labute approximate surface area is 233 Å². The van der Waals surface area contributed by atoms with Gasteiger partial charge in [0.05, 0.1) is 0 Å². The quantitative estimate of drug-likeness (QED) is 0.146. The molecule has 0 saturated carbocycles. The van der Waals surface area contributed by atoms with Crippen LogP contribution < -0.4 is 0 Å². The summed E-state index contributed by atoms with van der Waals surface area (Å²) < 4.78 is 0. The van der Waals surface area contributed by atoms with Crippen molar-refractivity contribution < 1.29 is 29.1 Å². The maximum absolute atomic E-state index is 7.75. The zero-order chi connectivity index (χ0) is 28.6. The van der Waals surface area contributed by atoms with E-state index in [1.165, 1.54) is 0 Å². The molecule has 210 valence electrons. The number of hydrogen-bond donors (Lipinski definition) is 0. The predicted octanol–water partition coefficient (Wildman–Crippen LogP) is 8.86. The molecule has 0 aliphatic carbocycles. The van der Waals surface area contributed by atoms with Crippen LogP contribution in [0.4, 0.5) is 0 Å². The maximum atomic E-state index is 7.75. The van der Waals surface area contributed by atoms with Gasteiger partial charge >= 0.3 is 19.5 Å². The SMILES string of the molecule is CCC(C)(C)[N-]C([N-]C(C)C)C(C)(C)C.CCC(C)(C)[N-]C([N-]C(C)C)C(C)(C)C.[CH-]=O.[CH-]=O.[Ru+6]. The van der Waals surface area contributed by atoms with Crippen molar-refractivity contribution in [2.24, 2.45) is 10.8 Å². The molecule has 35 heavy (non-hydrogen) atoms. The fourth-order valence-electron chi connectivity index (χ4n) is 2.31. The first kappa shape index (κ1) is 44.8. The van der Waals surface area contributed by atoms with Gasteiger partial charge in [0.15, 0.2) is 0 Å². The number of hydrogen-bond acceptors (Lipinski definition) is 2. The van der Waals surface area contributed by atoms with Crippen LogP contribution in [0.2, 0.25) is 0 Å². The fraction of sp³-hybridized carbons (Fsp3) is 0.929. The first-order chi connectivity index (χ1) is 15.2. The van der Waals surface area contributed by atoms with Crippen molar-refractivity contribution in [1.82, 2.24) is 0 Å². The van der Waals surface area contributed by atoms with Crippen LogP contribution in [0.3, 0.4) is 0 Å². The van der Waals surface area contributed by atoms with Gasteiger partial charge in [0.1, 0.15) is 0 Å². The molecule has 0 amide bonds. The third kappa shape index (κ3) is 26.7. The molecule has 0 spiro atoms. The van der Waals surface area contributed by atoms with Gasteiger partial charge in [0.25, 0.3) is 0 Å². The van der Waals surface area contributed by atoms with Gasteiger partial charge < -0.3 is 30.9 Å². The Morgan fingerprint density at radius 1 is 0.543 bits per heavy atom. The smallest absolute Gasteiger partial charge is 0.675 e. The van der Waals surface area contributed by atoms with E-state index < -0.39 is 0 Å². The van der Waals surface area contributed by atoms with Crippen LogP contribution in [0, 0.1) is 10.8 Å². The van der Waals surface area contributed by atoms with Crippen LogP contribution in [-0.2, 0) is 29.1 Å². The molecule has 0 aromatic rings. The second-order valence-corrected chi connectivity index (χ2v) is 12.6. The van der Waals surface area contributed by atoms with Gasteiger partial charge in [-0.1, -0.05) is 134 Å². The van der Waals surface area contributed by atoms with Gasteiger partial charge in [-0.15, -0.1) is 23.2 Å². The summed E-state index contributed by atoms with van der Waals surface area (Å²) in [6, 6.07) is 0.705. The van der Waals surface area contributed by atoms with E-state index in [0.29, 0.717) is 12.1 Å². The number of rotatable bonds is 10. The summed E-state index contributed by atoms with van der Waals surface area (Å²) in [5.41, 5.74) is 0.320. The van der Waals surface area contributed by atoms with Crippen LogP contribution >= 0.6 is 0 Å². The normalized spacial score (nSPS) is 13.8. The van der Waals surface area contributed by atoms with Crippen molar-refractivity contribution >= 4 is 13.6 Å². The first-order valence-electron chi connectivity index (χ1n) is 12.5. The van der Waals surface area contributed by atoms with Gasteiger partial charge in [-0.3, -0.25) is 13.6 Å². The molecule has 2 unspecified atom stereocenters. The molecular weight excluding hydrogens is 525 g/mol. The molecule has 0 aromatic carbocycles. The second-order valence-electron chi connectivity index (χ2n) is 12.6. The fourth-order valence-corrected chi connectivity index (χ4v) is 2.31. The van der Waals surface area contributed by atoms with E-state index in [-0.39, 0.29) is 53.7 Å². The van der Waals surface area contributed by atoms with Gasteiger partial charge in [-0.2, -0.15) is 0 Å². The van der Waals surface area contributed by atoms with Gasteiger partial charge in [-0.25, -0.2) is 12.3 Å². The first-order valence-corrected chi connectivity index (χ1v) is 12.5. The minimum Gasteiger partial charge on any atom is -0.675 e. The summed E-state index contributed by atoms with van der Waals surface area (Å²) in [7, 11) is 0. The number of nitrogens with zero attached hydrogens (tertiary/aromatic N) is 4. The molecule has 0 aliphatic heterocycles. The molecule has 7 heteroatoms. The average molecular weight is 584 g/mol. The Balaban J connectivity index is -0.000000146. The van der Waals surface area contributed by atoms with Crippen LogP contribution in [0.5, 0.6) is 0 Å². The Hall–Kier alpha value is -0.197. The Bertz CT molecular complexity index is 440. The molecule has 0 N–H and O–H groups in total. The van der Waals surface area contributed by atoms with E-state index in [0.717, 1.165) is 12.8 Å². The maximum Gasteiger partial charge on any atom is 6.00 e. The summed E-state index contributed by atoms with van der Waals surface area (Å²) in [5, 5.41) is 19.2. The zero-order valence-electron chi connectivity index (χ0n) is 25.8. The second kappa shape index (κ2) is 20.8. The summed E-state index contributed by atoms with van der Waals surface area (Å²) in [6.45, 7) is 41.3. The van der Waals surface area contributed by atoms with Crippen molar-refractivity contribution in [2.45, 2.75) is 159 Å². The molecule has 6 nitrogen and oxygen atoms in total. The molecule has 0 saturated heterocycles. The van der Waals surface area contributed by atoms with Gasteiger partial charge in [0, 0.05) is 0 Å². The summed E-state index contributed by atoms with van der Waals surface area (Å²) >= 11 is 0. The molecule has 0 radical (unpaired) electrons. The molecule has 0 fully saturated rings. The minimum atomic E-state index is 0. The molecule has 0 aliphatic rings. The molecule has 0 rings (SSSR count). The van der Waals surface area contributed by atoms with E-state index >= 15 is 0 Å². The van der Waals surface area contributed by atoms with E-state index in [4.69, 9.17) is 30.9 Å². The van der Waals surface area contributed by atoms with Gasteiger partial charge in [-0.05, 0) is 0 Å². The largest absolute Gasteiger partial charge is 6.00 e. The molecular formula is C28H58N4O2Ru. The number of carbonyl (C=O) groups excluding carboxylic acids is 2. The third-order valence-corrected chi connectivity index (χ3v) is 5.10. The van der Waals surface area contributed by atoms with Crippen molar-refractivity contribution in [2.75, 3.05) is 0 Å². The molecule has 0 aromatic heterocycles. The average Bonchev–Trinajstić information content (AvgIpc) is 2.68. The summed E-state index contributed by atoms with van der Waals surface area (Å²) in [4.78, 5) is 15.5. The van der Waals surface area contributed by atoms with E-state index in [9.17, 15) is 0 Å². The van der Waals surface area contributed by atoms with Crippen LogP contribution in [0.25, 0.3) is 21.3 Å². The Morgan fingerprint density at radius 2 is 0.743 bits per heavy atom. The zero-order valence-corrected chi connectivity index (χ0v) is 27.6. The molecule has 2 atom stereocenters. The molecule has 0 bridgehead atoms. The van der Waals surface area contributed by atoms with Crippen molar-refractivity contribution in [1.29, 1.82) is 0 Å². The van der Waals surface area contributed by atoms with Crippen molar-refractivity contribution in [3.63, 3.8) is 0 Å². The van der Waals surface area contributed by atoms with E-state index in [2.05, 4.69) is 124 Å². The molecule has 0 heterocycles. The predicted molar refractivity (Wildman–Crippen MR) is 152 cm³/mol. The van der Waals surface area contributed by atoms with E-state index in [1.807, 2.05) is 0 Å². The van der Waals surface area contributed by atoms with Crippen LogP contribution in [0.1, 0.15) is 124 Å².